The van der Waals surface area contributed by atoms with Gasteiger partial charge < -0.3 is 15.3 Å². The molecule has 1 aromatic carbocycles. The molecule has 27 heavy (non-hydrogen) atoms. The average molecular weight is 387 g/mol. The maximum Gasteiger partial charge on any atom is 0.294 e. The molecule has 3 heterocycles. The number of aromatic nitrogens is 4. The number of aliphatic hydroxyl groups excluding tert-OH is 1. The Labute approximate surface area is 160 Å². The zero-order valence-electron chi connectivity index (χ0n) is 14.5. The van der Waals surface area contributed by atoms with E-state index in [0.29, 0.717) is 36.9 Å². The highest BCUT2D eigenvalue weighted by Gasteiger charge is 2.31. The third-order valence-corrected chi connectivity index (χ3v) is 4.81. The van der Waals surface area contributed by atoms with Crippen molar-refractivity contribution in [2.24, 2.45) is 0 Å². The fourth-order valence-electron chi connectivity index (χ4n) is 3.26. The molecule has 0 spiro atoms. The van der Waals surface area contributed by atoms with E-state index in [1.165, 1.54) is 4.52 Å². The number of carbonyl (C=O) groups is 1. The Bertz CT molecular complexity index is 975. The van der Waals surface area contributed by atoms with Gasteiger partial charge in [0.15, 0.2) is 0 Å². The zero-order chi connectivity index (χ0) is 18.8. The predicted molar refractivity (Wildman–Crippen MR) is 99.7 cm³/mol. The van der Waals surface area contributed by atoms with Gasteiger partial charge in [-0.15, -0.1) is 5.10 Å². The summed E-state index contributed by atoms with van der Waals surface area (Å²) in [6.07, 6.45) is 3.84. The standard InChI is InChI=1S/C18H19ClN6O2/c19-14-3-1-2-13(8-14)15-10-20-5-6-24(15)17(27)16-22-18-21-9-12(4-7-26)11-25(18)23-16/h1-3,8-9,11,15,20,26H,4-7,10H2. The lowest BCUT2D eigenvalue weighted by atomic mass is 10.0. The van der Waals surface area contributed by atoms with Crippen molar-refractivity contribution in [2.75, 3.05) is 26.2 Å². The maximum atomic E-state index is 13.1. The Balaban J connectivity index is 1.64. The van der Waals surface area contributed by atoms with Crippen molar-refractivity contribution >= 4 is 23.3 Å². The lowest BCUT2D eigenvalue weighted by Crippen LogP contribution is -2.49. The number of fused-ring (bicyclic) bond motifs is 1. The lowest BCUT2D eigenvalue weighted by molar-refractivity contribution is 0.0622. The van der Waals surface area contributed by atoms with E-state index >= 15 is 0 Å². The summed E-state index contributed by atoms with van der Waals surface area (Å²) in [5, 5.41) is 17.3. The van der Waals surface area contributed by atoms with Crippen molar-refractivity contribution in [3.8, 4) is 0 Å². The minimum Gasteiger partial charge on any atom is -0.396 e. The number of hydrogen-bond acceptors (Lipinski definition) is 6. The number of rotatable bonds is 4. The highest BCUT2D eigenvalue weighted by molar-refractivity contribution is 6.30. The molecule has 1 aliphatic rings. The zero-order valence-corrected chi connectivity index (χ0v) is 15.3. The van der Waals surface area contributed by atoms with Crippen molar-refractivity contribution in [3.05, 3.63) is 58.6 Å². The van der Waals surface area contributed by atoms with E-state index in [9.17, 15) is 4.79 Å². The van der Waals surface area contributed by atoms with Crippen molar-refractivity contribution < 1.29 is 9.90 Å². The Morgan fingerprint density at radius 3 is 3.11 bits per heavy atom. The van der Waals surface area contributed by atoms with Gasteiger partial charge in [-0.1, -0.05) is 23.7 Å². The monoisotopic (exact) mass is 386 g/mol. The number of benzene rings is 1. The van der Waals surface area contributed by atoms with Gasteiger partial charge >= 0.3 is 0 Å². The van der Waals surface area contributed by atoms with Crippen molar-refractivity contribution in [1.82, 2.24) is 29.8 Å². The molecular weight excluding hydrogens is 368 g/mol. The topological polar surface area (TPSA) is 95.6 Å². The minimum absolute atomic E-state index is 0.0236. The van der Waals surface area contributed by atoms with Gasteiger partial charge in [-0.25, -0.2) is 9.50 Å². The molecule has 0 aliphatic carbocycles. The Kier molecular flexibility index (Phi) is 5.02. The minimum atomic E-state index is -0.240. The van der Waals surface area contributed by atoms with Crippen LogP contribution in [0.25, 0.3) is 5.78 Å². The largest absolute Gasteiger partial charge is 0.396 e. The molecule has 9 heteroatoms. The fraction of sp³-hybridized carbons (Fsp3) is 0.333. The Hall–Kier alpha value is -2.55. The summed E-state index contributed by atoms with van der Waals surface area (Å²) in [5.74, 6) is 0.225. The normalized spacial score (nSPS) is 17.4. The van der Waals surface area contributed by atoms with Crippen LogP contribution in [-0.2, 0) is 6.42 Å². The number of nitrogens with one attached hydrogen (secondary N) is 1. The summed E-state index contributed by atoms with van der Waals surface area (Å²) < 4.78 is 1.48. The number of amides is 1. The first-order chi connectivity index (χ1) is 13.2. The summed E-state index contributed by atoms with van der Waals surface area (Å²) in [5.41, 5.74) is 1.79. The van der Waals surface area contributed by atoms with E-state index in [0.717, 1.165) is 11.1 Å². The van der Waals surface area contributed by atoms with Gasteiger partial charge in [-0.2, -0.15) is 4.98 Å². The fourth-order valence-corrected chi connectivity index (χ4v) is 3.46. The van der Waals surface area contributed by atoms with Crippen LogP contribution in [0, 0.1) is 0 Å². The van der Waals surface area contributed by atoms with Crippen LogP contribution in [0.15, 0.2) is 36.7 Å². The summed E-state index contributed by atoms with van der Waals surface area (Å²) in [4.78, 5) is 23.4. The number of carbonyl (C=O) groups excluding carboxylic acids is 1. The first-order valence-electron chi connectivity index (χ1n) is 8.75. The molecule has 2 N–H and O–H groups in total. The van der Waals surface area contributed by atoms with E-state index in [-0.39, 0.29) is 24.4 Å². The molecule has 0 radical (unpaired) electrons. The molecule has 140 valence electrons. The summed E-state index contributed by atoms with van der Waals surface area (Å²) >= 11 is 6.12. The second-order valence-electron chi connectivity index (χ2n) is 6.39. The van der Waals surface area contributed by atoms with Crippen molar-refractivity contribution in [3.63, 3.8) is 0 Å². The van der Waals surface area contributed by atoms with Crippen LogP contribution in [0.2, 0.25) is 5.02 Å². The maximum absolute atomic E-state index is 13.1. The van der Waals surface area contributed by atoms with Crippen LogP contribution >= 0.6 is 11.6 Å². The van der Waals surface area contributed by atoms with Crippen LogP contribution in [0.3, 0.4) is 0 Å². The lowest BCUT2D eigenvalue weighted by Gasteiger charge is -2.35. The molecule has 0 saturated carbocycles. The van der Waals surface area contributed by atoms with Crippen LogP contribution < -0.4 is 5.32 Å². The van der Waals surface area contributed by atoms with Crippen molar-refractivity contribution in [2.45, 2.75) is 12.5 Å². The smallest absolute Gasteiger partial charge is 0.294 e. The number of piperazine rings is 1. The SMILES string of the molecule is O=C(c1nc2ncc(CCO)cn2n1)N1CCNCC1c1cccc(Cl)c1. The molecule has 1 fully saturated rings. The summed E-state index contributed by atoms with van der Waals surface area (Å²) in [7, 11) is 0. The summed E-state index contributed by atoms with van der Waals surface area (Å²) in [6, 6.07) is 7.38. The molecule has 8 nitrogen and oxygen atoms in total. The van der Waals surface area contributed by atoms with E-state index in [4.69, 9.17) is 16.7 Å². The molecule has 2 aromatic heterocycles. The predicted octanol–water partition coefficient (Wildman–Crippen LogP) is 1.10. The molecule has 1 atom stereocenters. The number of hydrogen-bond donors (Lipinski definition) is 2. The van der Waals surface area contributed by atoms with Gasteiger partial charge in [-0.3, -0.25) is 4.79 Å². The second kappa shape index (κ2) is 7.59. The third-order valence-electron chi connectivity index (χ3n) is 4.58. The molecule has 1 unspecified atom stereocenters. The molecule has 1 aliphatic heterocycles. The first kappa shape index (κ1) is 17.8. The van der Waals surface area contributed by atoms with Crippen molar-refractivity contribution in [1.29, 1.82) is 0 Å². The van der Waals surface area contributed by atoms with Gasteiger partial charge in [0.1, 0.15) is 0 Å². The number of halogens is 1. The van der Waals surface area contributed by atoms with E-state index in [1.54, 1.807) is 17.3 Å². The quantitative estimate of drug-likeness (QED) is 0.697. The van der Waals surface area contributed by atoms with E-state index in [1.807, 2.05) is 24.3 Å². The highest BCUT2D eigenvalue weighted by Crippen LogP contribution is 2.25. The number of nitrogens with zero attached hydrogens (tertiary/aromatic N) is 5. The molecule has 4 rings (SSSR count). The van der Waals surface area contributed by atoms with Gasteiger partial charge in [0, 0.05) is 43.7 Å². The van der Waals surface area contributed by atoms with Crippen LogP contribution in [0.1, 0.15) is 27.8 Å². The van der Waals surface area contributed by atoms with Gasteiger partial charge in [0.25, 0.3) is 11.7 Å². The second-order valence-corrected chi connectivity index (χ2v) is 6.83. The third kappa shape index (κ3) is 3.64. The van der Waals surface area contributed by atoms with Crippen LogP contribution in [-0.4, -0.2) is 61.7 Å². The number of aliphatic hydroxyl groups is 1. The van der Waals surface area contributed by atoms with Gasteiger partial charge in [0.2, 0.25) is 5.82 Å². The Morgan fingerprint density at radius 1 is 1.41 bits per heavy atom. The molecule has 1 saturated heterocycles. The van der Waals surface area contributed by atoms with E-state index < -0.39 is 0 Å². The van der Waals surface area contributed by atoms with Crippen LogP contribution in [0.4, 0.5) is 0 Å². The van der Waals surface area contributed by atoms with Crippen LogP contribution in [0.5, 0.6) is 0 Å². The van der Waals surface area contributed by atoms with E-state index in [2.05, 4.69) is 20.4 Å². The molecular formula is C18H19ClN6O2. The molecule has 1 amide bonds. The Morgan fingerprint density at radius 2 is 2.30 bits per heavy atom. The average Bonchev–Trinajstić information content (AvgIpc) is 3.11. The molecule has 0 bridgehead atoms. The van der Waals surface area contributed by atoms with Gasteiger partial charge in [-0.05, 0) is 29.7 Å². The first-order valence-corrected chi connectivity index (χ1v) is 9.13. The van der Waals surface area contributed by atoms with Gasteiger partial charge in [0.05, 0.1) is 6.04 Å². The highest BCUT2D eigenvalue weighted by atomic mass is 35.5. The summed E-state index contributed by atoms with van der Waals surface area (Å²) in [6.45, 7) is 1.91. The molecule has 3 aromatic rings.